The van der Waals surface area contributed by atoms with Crippen LogP contribution in [0.4, 0.5) is 11.5 Å². The molecule has 7 nitrogen and oxygen atoms in total. The lowest BCUT2D eigenvalue weighted by Crippen LogP contribution is -2.39. The molecule has 4 rings (SSSR count). The zero-order valence-electron chi connectivity index (χ0n) is 16.7. The summed E-state index contributed by atoms with van der Waals surface area (Å²) in [7, 11) is 0. The van der Waals surface area contributed by atoms with Crippen molar-refractivity contribution in [3.8, 4) is 17.0 Å². The Morgan fingerprint density at radius 2 is 1.87 bits per heavy atom. The average Bonchev–Trinajstić information content (AvgIpc) is 2.75. The van der Waals surface area contributed by atoms with Crippen molar-refractivity contribution in [3.63, 3.8) is 0 Å². The van der Waals surface area contributed by atoms with E-state index in [0.29, 0.717) is 23.0 Å². The van der Waals surface area contributed by atoms with Crippen molar-refractivity contribution in [3.05, 3.63) is 65.7 Å². The third-order valence-corrected chi connectivity index (χ3v) is 5.87. The van der Waals surface area contributed by atoms with Crippen LogP contribution >= 0.6 is 0 Å². The van der Waals surface area contributed by atoms with Gasteiger partial charge in [-0.05, 0) is 48.2 Å². The Labute approximate surface area is 174 Å². The SMILES string of the molecule is C[C@@H]1CCN(c2cc(-c3ccccc3O)nnc2N)C[C@H]1c1ccc(C(=O)O)cc1. The molecule has 1 aliphatic rings. The number of para-hydroxylation sites is 1. The summed E-state index contributed by atoms with van der Waals surface area (Å²) in [6.45, 7) is 3.79. The number of aromatic nitrogens is 2. The molecule has 4 N–H and O–H groups in total. The summed E-state index contributed by atoms with van der Waals surface area (Å²) in [5, 5.41) is 27.6. The van der Waals surface area contributed by atoms with Crippen LogP contribution in [-0.2, 0) is 0 Å². The average molecular weight is 404 g/mol. The molecule has 0 spiro atoms. The first-order valence-corrected chi connectivity index (χ1v) is 9.94. The molecule has 1 aliphatic heterocycles. The fourth-order valence-corrected chi connectivity index (χ4v) is 4.06. The van der Waals surface area contributed by atoms with Crippen LogP contribution < -0.4 is 10.6 Å². The minimum atomic E-state index is -0.924. The first kappa shape index (κ1) is 19.7. The molecule has 2 heterocycles. The number of nitrogens with two attached hydrogens (primary N) is 1. The maximum Gasteiger partial charge on any atom is 0.335 e. The van der Waals surface area contributed by atoms with Gasteiger partial charge in [-0.2, -0.15) is 0 Å². The van der Waals surface area contributed by atoms with E-state index in [4.69, 9.17) is 10.8 Å². The Bertz CT molecular complexity index is 1070. The summed E-state index contributed by atoms with van der Waals surface area (Å²) in [5.41, 5.74) is 9.53. The predicted octanol–water partition coefficient (Wildman–Crippen LogP) is 3.76. The monoisotopic (exact) mass is 404 g/mol. The van der Waals surface area contributed by atoms with Crippen LogP contribution in [0.25, 0.3) is 11.3 Å². The number of nitrogens with zero attached hydrogens (tertiary/aromatic N) is 3. The number of hydrogen-bond acceptors (Lipinski definition) is 6. The van der Waals surface area contributed by atoms with Crippen LogP contribution in [0.2, 0.25) is 0 Å². The Morgan fingerprint density at radius 3 is 2.57 bits per heavy atom. The molecule has 154 valence electrons. The second kappa shape index (κ2) is 8.02. The first-order chi connectivity index (χ1) is 14.4. The number of hydrogen-bond donors (Lipinski definition) is 3. The molecular weight excluding hydrogens is 380 g/mol. The molecule has 0 saturated carbocycles. The molecule has 1 fully saturated rings. The van der Waals surface area contributed by atoms with Gasteiger partial charge in [0.25, 0.3) is 0 Å². The third-order valence-electron chi connectivity index (χ3n) is 5.87. The molecule has 3 aromatic rings. The lowest BCUT2D eigenvalue weighted by atomic mass is 9.81. The number of piperidine rings is 1. The Morgan fingerprint density at radius 1 is 1.13 bits per heavy atom. The largest absolute Gasteiger partial charge is 0.507 e. The Kier molecular flexibility index (Phi) is 5.27. The van der Waals surface area contributed by atoms with Gasteiger partial charge >= 0.3 is 5.97 Å². The topological polar surface area (TPSA) is 113 Å². The number of nitrogen functional groups attached to an aromatic ring is 1. The highest BCUT2D eigenvalue weighted by molar-refractivity contribution is 5.87. The number of aromatic hydroxyl groups is 1. The Balaban J connectivity index is 1.63. The van der Waals surface area contributed by atoms with Crippen molar-refractivity contribution >= 4 is 17.5 Å². The summed E-state index contributed by atoms with van der Waals surface area (Å²) < 4.78 is 0. The zero-order valence-corrected chi connectivity index (χ0v) is 16.7. The van der Waals surface area contributed by atoms with Gasteiger partial charge in [0.1, 0.15) is 5.75 Å². The van der Waals surface area contributed by atoms with Gasteiger partial charge in [0.2, 0.25) is 0 Å². The second-order valence-corrected chi connectivity index (χ2v) is 7.76. The highest BCUT2D eigenvalue weighted by Gasteiger charge is 2.29. The van der Waals surface area contributed by atoms with E-state index in [0.717, 1.165) is 30.8 Å². The van der Waals surface area contributed by atoms with E-state index in [1.807, 2.05) is 24.3 Å². The van der Waals surface area contributed by atoms with Crippen molar-refractivity contribution in [1.82, 2.24) is 10.2 Å². The van der Waals surface area contributed by atoms with E-state index in [1.165, 1.54) is 0 Å². The maximum atomic E-state index is 11.1. The van der Waals surface area contributed by atoms with E-state index in [2.05, 4.69) is 22.0 Å². The predicted molar refractivity (Wildman–Crippen MR) is 116 cm³/mol. The van der Waals surface area contributed by atoms with Crippen LogP contribution in [0.5, 0.6) is 5.75 Å². The molecule has 0 bridgehead atoms. The van der Waals surface area contributed by atoms with Gasteiger partial charge in [-0.1, -0.05) is 31.2 Å². The van der Waals surface area contributed by atoms with Crippen LogP contribution in [0, 0.1) is 5.92 Å². The van der Waals surface area contributed by atoms with Crippen LogP contribution in [0.1, 0.15) is 35.2 Å². The van der Waals surface area contributed by atoms with Crippen molar-refractivity contribution in [2.75, 3.05) is 23.7 Å². The molecule has 2 atom stereocenters. The fourth-order valence-electron chi connectivity index (χ4n) is 4.06. The number of aromatic carboxylic acids is 1. The third kappa shape index (κ3) is 3.78. The van der Waals surface area contributed by atoms with Crippen molar-refractivity contribution in [2.45, 2.75) is 19.3 Å². The normalized spacial score (nSPS) is 18.9. The van der Waals surface area contributed by atoms with Gasteiger partial charge in [-0.3, -0.25) is 0 Å². The number of carboxylic acids is 1. The van der Waals surface area contributed by atoms with Gasteiger partial charge in [0.05, 0.1) is 16.9 Å². The van der Waals surface area contributed by atoms with E-state index < -0.39 is 5.97 Å². The highest BCUT2D eigenvalue weighted by atomic mass is 16.4. The zero-order chi connectivity index (χ0) is 21.3. The smallest absolute Gasteiger partial charge is 0.335 e. The molecular formula is C23H24N4O3. The molecule has 1 aromatic heterocycles. The minimum Gasteiger partial charge on any atom is -0.507 e. The summed E-state index contributed by atoms with van der Waals surface area (Å²) in [6, 6.07) is 16.0. The quantitative estimate of drug-likeness (QED) is 0.607. The highest BCUT2D eigenvalue weighted by Crippen LogP contribution is 2.37. The van der Waals surface area contributed by atoms with Crippen LogP contribution in [-0.4, -0.2) is 39.5 Å². The lowest BCUT2D eigenvalue weighted by molar-refractivity contribution is 0.0697. The van der Waals surface area contributed by atoms with Gasteiger partial charge < -0.3 is 20.8 Å². The van der Waals surface area contributed by atoms with Crippen LogP contribution in [0.3, 0.4) is 0 Å². The summed E-state index contributed by atoms with van der Waals surface area (Å²) in [5.74, 6) is 0.260. The molecule has 0 radical (unpaired) electrons. The number of phenolic OH excluding ortho intramolecular Hbond substituents is 1. The molecule has 1 saturated heterocycles. The number of phenols is 1. The molecule has 0 amide bonds. The van der Waals surface area contributed by atoms with Gasteiger partial charge in [-0.25, -0.2) is 4.79 Å². The van der Waals surface area contributed by atoms with Gasteiger partial charge in [0, 0.05) is 24.6 Å². The van der Waals surface area contributed by atoms with Gasteiger partial charge in [-0.15, -0.1) is 10.2 Å². The number of anilines is 2. The standard InChI is InChI=1S/C23H24N4O3/c1-14-10-11-27(13-18(14)15-6-8-16(9-7-15)23(29)30)20-12-19(25-26-22(20)24)17-4-2-3-5-21(17)28/h2-9,12,14,18,28H,10-11,13H2,1H3,(H2,24,26)(H,29,30)/t14-,18-/m1/s1. The summed E-state index contributed by atoms with van der Waals surface area (Å²) in [6.07, 6.45) is 0.971. The fraction of sp³-hybridized carbons (Fsp3) is 0.261. The van der Waals surface area contributed by atoms with Gasteiger partial charge in [0.15, 0.2) is 5.82 Å². The van der Waals surface area contributed by atoms with E-state index >= 15 is 0 Å². The molecule has 0 unspecified atom stereocenters. The molecule has 30 heavy (non-hydrogen) atoms. The van der Waals surface area contributed by atoms with E-state index in [-0.39, 0.29) is 17.2 Å². The van der Waals surface area contributed by atoms with E-state index in [9.17, 15) is 9.90 Å². The van der Waals surface area contributed by atoms with Crippen molar-refractivity contribution in [1.29, 1.82) is 0 Å². The minimum absolute atomic E-state index is 0.145. The van der Waals surface area contributed by atoms with Crippen molar-refractivity contribution < 1.29 is 15.0 Å². The number of carboxylic acid groups (broad SMARTS) is 1. The lowest BCUT2D eigenvalue weighted by Gasteiger charge is -2.39. The molecule has 0 aliphatic carbocycles. The number of carbonyl (C=O) groups is 1. The second-order valence-electron chi connectivity index (χ2n) is 7.76. The summed E-state index contributed by atoms with van der Waals surface area (Å²) >= 11 is 0. The summed E-state index contributed by atoms with van der Waals surface area (Å²) in [4.78, 5) is 13.3. The number of benzene rings is 2. The first-order valence-electron chi connectivity index (χ1n) is 9.94. The van der Waals surface area contributed by atoms with Crippen molar-refractivity contribution in [2.24, 2.45) is 5.92 Å². The molecule has 2 aromatic carbocycles. The van der Waals surface area contributed by atoms with E-state index in [1.54, 1.807) is 30.3 Å². The number of rotatable bonds is 4. The maximum absolute atomic E-state index is 11.1. The Hall–Kier alpha value is -3.61. The molecule has 7 heteroatoms. The van der Waals surface area contributed by atoms with Crippen LogP contribution in [0.15, 0.2) is 54.6 Å².